The molecule has 0 radical (unpaired) electrons. The lowest BCUT2D eigenvalue weighted by Crippen LogP contribution is -2.21. The minimum atomic E-state index is -0.826. The molecular formula is C20H23N3O6. The third kappa shape index (κ3) is 6.58. The molecule has 2 aromatic carbocycles. The van der Waals surface area contributed by atoms with Crippen molar-refractivity contribution in [3.8, 4) is 0 Å². The Labute approximate surface area is 168 Å². The number of ether oxygens (including phenoxy) is 2. The van der Waals surface area contributed by atoms with Gasteiger partial charge >= 0.3 is 5.97 Å². The van der Waals surface area contributed by atoms with Crippen LogP contribution in [0.5, 0.6) is 0 Å². The molecule has 29 heavy (non-hydrogen) atoms. The van der Waals surface area contributed by atoms with Gasteiger partial charge in [0, 0.05) is 25.4 Å². The van der Waals surface area contributed by atoms with Gasteiger partial charge in [0.05, 0.1) is 17.1 Å². The Morgan fingerprint density at radius 3 is 2.48 bits per heavy atom. The largest absolute Gasteiger partial charge is 0.452 e. The van der Waals surface area contributed by atoms with Crippen molar-refractivity contribution in [3.05, 3.63) is 63.7 Å². The summed E-state index contributed by atoms with van der Waals surface area (Å²) in [5.41, 5.74) is 1.70. The van der Waals surface area contributed by atoms with Crippen molar-refractivity contribution in [3.63, 3.8) is 0 Å². The molecule has 0 bridgehead atoms. The summed E-state index contributed by atoms with van der Waals surface area (Å²) in [5.74, 6) is -1.33. The summed E-state index contributed by atoms with van der Waals surface area (Å²) >= 11 is 0. The number of benzene rings is 2. The Balaban J connectivity index is 1.95. The van der Waals surface area contributed by atoms with Crippen LogP contribution in [0.25, 0.3) is 0 Å². The van der Waals surface area contributed by atoms with Gasteiger partial charge in [-0.2, -0.15) is 0 Å². The zero-order valence-corrected chi connectivity index (χ0v) is 16.3. The highest BCUT2D eigenvalue weighted by atomic mass is 16.6. The first-order chi connectivity index (χ1) is 13.9. The van der Waals surface area contributed by atoms with Crippen LogP contribution in [0.3, 0.4) is 0 Å². The summed E-state index contributed by atoms with van der Waals surface area (Å²) in [7, 11) is 1.52. The minimum Gasteiger partial charge on any atom is -0.452 e. The molecule has 0 saturated heterocycles. The fraction of sp³-hybridized carbons (Fsp3) is 0.300. The second-order valence-electron chi connectivity index (χ2n) is 6.08. The molecule has 0 saturated carbocycles. The molecule has 0 heterocycles. The molecule has 0 aliphatic heterocycles. The number of nitro benzene ring substituents is 1. The van der Waals surface area contributed by atoms with Crippen molar-refractivity contribution in [2.24, 2.45) is 0 Å². The van der Waals surface area contributed by atoms with E-state index in [0.717, 1.165) is 18.1 Å². The van der Waals surface area contributed by atoms with E-state index in [0.29, 0.717) is 18.8 Å². The van der Waals surface area contributed by atoms with Crippen LogP contribution >= 0.6 is 0 Å². The lowest BCUT2D eigenvalue weighted by Gasteiger charge is -2.09. The van der Waals surface area contributed by atoms with Crippen molar-refractivity contribution in [2.75, 3.05) is 37.5 Å². The second-order valence-corrected chi connectivity index (χ2v) is 6.08. The zero-order chi connectivity index (χ0) is 21.2. The molecule has 0 unspecified atom stereocenters. The molecule has 154 valence electrons. The predicted octanol–water partition coefficient (Wildman–Crippen LogP) is 3.01. The number of rotatable bonds is 10. The van der Waals surface area contributed by atoms with E-state index in [-0.39, 0.29) is 16.9 Å². The van der Waals surface area contributed by atoms with Crippen LogP contribution in [0.2, 0.25) is 0 Å². The highest BCUT2D eigenvalue weighted by molar-refractivity contribution is 5.96. The number of nitro groups is 1. The molecule has 2 aromatic rings. The maximum absolute atomic E-state index is 12.2. The number of carbonyl (C=O) groups excluding carboxylic acids is 2. The molecule has 2 rings (SSSR count). The number of aryl methyl sites for hydroxylation is 1. The lowest BCUT2D eigenvalue weighted by atomic mass is 10.1. The van der Waals surface area contributed by atoms with Gasteiger partial charge in [-0.15, -0.1) is 0 Å². The van der Waals surface area contributed by atoms with Crippen LogP contribution in [-0.4, -0.2) is 43.7 Å². The average molecular weight is 401 g/mol. The summed E-state index contributed by atoms with van der Waals surface area (Å²) in [6.45, 7) is 2.27. The molecule has 1 amide bonds. The maximum Gasteiger partial charge on any atom is 0.338 e. The third-order valence-corrected chi connectivity index (χ3v) is 4.03. The van der Waals surface area contributed by atoms with E-state index in [1.807, 2.05) is 19.1 Å². The molecule has 0 fully saturated rings. The van der Waals surface area contributed by atoms with Crippen molar-refractivity contribution >= 4 is 28.9 Å². The van der Waals surface area contributed by atoms with Gasteiger partial charge in [0.1, 0.15) is 5.69 Å². The zero-order valence-electron chi connectivity index (χ0n) is 16.3. The smallest absolute Gasteiger partial charge is 0.338 e. The summed E-state index contributed by atoms with van der Waals surface area (Å²) in [5, 5.41) is 16.7. The number of hydrogen-bond acceptors (Lipinski definition) is 7. The van der Waals surface area contributed by atoms with Gasteiger partial charge in [-0.25, -0.2) is 4.79 Å². The van der Waals surface area contributed by atoms with Gasteiger partial charge in [0.2, 0.25) is 0 Å². The third-order valence-electron chi connectivity index (χ3n) is 4.03. The van der Waals surface area contributed by atoms with Gasteiger partial charge in [-0.05, 0) is 36.2 Å². The maximum atomic E-state index is 12.2. The van der Waals surface area contributed by atoms with E-state index in [1.54, 1.807) is 12.1 Å². The van der Waals surface area contributed by atoms with Gasteiger partial charge in [-0.1, -0.05) is 19.1 Å². The van der Waals surface area contributed by atoms with Crippen LogP contribution in [0.15, 0.2) is 42.5 Å². The van der Waals surface area contributed by atoms with Gasteiger partial charge < -0.3 is 20.1 Å². The van der Waals surface area contributed by atoms with E-state index >= 15 is 0 Å². The molecule has 2 N–H and O–H groups in total. The predicted molar refractivity (Wildman–Crippen MR) is 108 cm³/mol. The topological polar surface area (TPSA) is 120 Å². The Hall–Kier alpha value is -3.46. The Bertz CT molecular complexity index is 867. The van der Waals surface area contributed by atoms with Gasteiger partial charge in [0.15, 0.2) is 6.61 Å². The molecule has 0 aliphatic rings. The molecule has 0 spiro atoms. The van der Waals surface area contributed by atoms with E-state index in [1.165, 1.54) is 19.2 Å². The highest BCUT2D eigenvalue weighted by Crippen LogP contribution is 2.25. The number of amides is 1. The summed E-state index contributed by atoms with van der Waals surface area (Å²) in [4.78, 5) is 34.8. The standard InChI is InChI=1S/C20H23N3O6/c1-3-14-4-7-16(8-5-14)22-19(24)13-29-20(25)15-6-9-17(21-10-11-28-2)18(12-15)23(26)27/h4-9,12,21H,3,10-11,13H2,1-2H3,(H,22,24). The first kappa shape index (κ1) is 21.8. The number of esters is 1. The second kappa shape index (κ2) is 10.8. The van der Waals surface area contributed by atoms with Crippen LogP contribution in [0, 0.1) is 10.1 Å². The van der Waals surface area contributed by atoms with E-state index < -0.39 is 23.4 Å². The average Bonchev–Trinajstić information content (AvgIpc) is 2.72. The van der Waals surface area contributed by atoms with E-state index in [4.69, 9.17) is 9.47 Å². The first-order valence-electron chi connectivity index (χ1n) is 9.01. The number of carbonyl (C=O) groups is 2. The molecule has 9 nitrogen and oxygen atoms in total. The number of nitrogens with zero attached hydrogens (tertiary/aromatic N) is 1. The fourth-order valence-corrected chi connectivity index (χ4v) is 2.48. The quantitative estimate of drug-likeness (QED) is 0.272. The molecular weight excluding hydrogens is 378 g/mol. The van der Waals surface area contributed by atoms with E-state index in [2.05, 4.69) is 10.6 Å². The fourth-order valence-electron chi connectivity index (χ4n) is 2.48. The normalized spacial score (nSPS) is 10.3. The van der Waals surface area contributed by atoms with Gasteiger partial charge in [0.25, 0.3) is 11.6 Å². The van der Waals surface area contributed by atoms with Crippen molar-refractivity contribution < 1.29 is 24.0 Å². The monoisotopic (exact) mass is 401 g/mol. The Morgan fingerprint density at radius 2 is 1.86 bits per heavy atom. The number of anilines is 2. The Morgan fingerprint density at radius 1 is 1.14 bits per heavy atom. The van der Waals surface area contributed by atoms with Crippen molar-refractivity contribution in [1.82, 2.24) is 0 Å². The summed E-state index contributed by atoms with van der Waals surface area (Å²) in [6.07, 6.45) is 0.888. The Kier molecular flexibility index (Phi) is 8.11. The van der Waals surface area contributed by atoms with Crippen molar-refractivity contribution in [2.45, 2.75) is 13.3 Å². The van der Waals surface area contributed by atoms with Crippen molar-refractivity contribution in [1.29, 1.82) is 0 Å². The summed E-state index contributed by atoms with van der Waals surface area (Å²) in [6, 6.07) is 11.2. The van der Waals surface area contributed by atoms with Crippen LogP contribution in [-0.2, 0) is 20.7 Å². The molecule has 0 aliphatic carbocycles. The van der Waals surface area contributed by atoms with Crippen LogP contribution in [0.1, 0.15) is 22.8 Å². The minimum absolute atomic E-state index is 0.0194. The number of methoxy groups -OCH3 is 1. The molecule has 9 heteroatoms. The lowest BCUT2D eigenvalue weighted by molar-refractivity contribution is -0.384. The molecule has 0 atom stereocenters. The number of nitrogens with one attached hydrogen (secondary N) is 2. The van der Waals surface area contributed by atoms with Crippen LogP contribution < -0.4 is 10.6 Å². The number of hydrogen-bond donors (Lipinski definition) is 2. The van der Waals surface area contributed by atoms with E-state index in [9.17, 15) is 19.7 Å². The van der Waals surface area contributed by atoms with Gasteiger partial charge in [-0.3, -0.25) is 14.9 Å². The SMILES string of the molecule is CCc1ccc(NC(=O)COC(=O)c2ccc(NCCOC)c([N+](=O)[O-])c2)cc1. The first-order valence-corrected chi connectivity index (χ1v) is 9.01. The highest BCUT2D eigenvalue weighted by Gasteiger charge is 2.19. The van der Waals surface area contributed by atoms with Crippen LogP contribution in [0.4, 0.5) is 17.1 Å². The summed E-state index contributed by atoms with van der Waals surface area (Å²) < 4.78 is 9.86. The molecule has 0 aromatic heterocycles.